The lowest BCUT2D eigenvalue weighted by atomic mass is 10.0. The molecule has 0 saturated heterocycles. The van der Waals surface area contributed by atoms with Crippen LogP contribution >= 0.6 is 11.8 Å². The minimum atomic E-state index is -0.475. The highest BCUT2D eigenvalue weighted by atomic mass is 32.2. The van der Waals surface area contributed by atoms with E-state index in [9.17, 15) is 14.9 Å². The Balaban J connectivity index is 2.92. The summed E-state index contributed by atoms with van der Waals surface area (Å²) in [5.41, 5.74) is 5.87. The third-order valence-corrected chi connectivity index (χ3v) is 3.80. The van der Waals surface area contributed by atoms with E-state index in [1.54, 1.807) is 18.4 Å². The number of carbonyl (C=O) groups is 1. The number of nitro benzene ring substituents is 1. The molecule has 1 rings (SSSR count). The molecule has 0 saturated carbocycles. The van der Waals surface area contributed by atoms with E-state index in [2.05, 4.69) is 5.32 Å². The van der Waals surface area contributed by atoms with Gasteiger partial charge in [0.05, 0.1) is 9.82 Å². The predicted octanol–water partition coefficient (Wildman–Crippen LogP) is 2.42. The number of amides is 1. The molecule has 7 heteroatoms. The molecule has 0 aromatic heterocycles. The van der Waals surface area contributed by atoms with Crippen molar-refractivity contribution < 1.29 is 9.72 Å². The number of nitrogens with zero attached hydrogens (tertiary/aromatic N) is 1. The number of thioether (sulfide) groups is 1. The van der Waals surface area contributed by atoms with E-state index in [0.29, 0.717) is 17.4 Å². The summed E-state index contributed by atoms with van der Waals surface area (Å²) in [6.07, 6.45) is 2.53. The number of hydrogen-bond acceptors (Lipinski definition) is 5. The van der Waals surface area contributed by atoms with E-state index in [-0.39, 0.29) is 23.2 Å². The van der Waals surface area contributed by atoms with E-state index in [0.717, 1.165) is 6.42 Å². The molecule has 0 spiro atoms. The normalized spacial score (nSPS) is 12.2. The van der Waals surface area contributed by atoms with Gasteiger partial charge in [0.1, 0.15) is 0 Å². The maximum atomic E-state index is 12.2. The zero-order chi connectivity index (χ0) is 16.0. The van der Waals surface area contributed by atoms with Crippen LogP contribution in [0.1, 0.15) is 30.6 Å². The number of carbonyl (C=O) groups excluding carboxylic acids is 1. The van der Waals surface area contributed by atoms with Gasteiger partial charge in [0.15, 0.2) is 0 Å². The quantitative estimate of drug-likeness (QED) is 0.458. The van der Waals surface area contributed by atoms with Gasteiger partial charge in [0, 0.05) is 24.2 Å². The number of nitro groups is 1. The third-order valence-electron chi connectivity index (χ3n) is 3.01. The summed E-state index contributed by atoms with van der Waals surface area (Å²) in [5, 5.41) is 13.8. The Morgan fingerprint density at radius 1 is 1.48 bits per heavy atom. The van der Waals surface area contributed by atoms with Crippen molar-refractivity contribution in [2.45, 2.75) is 31.2 Å². The molecule has 1 atom stereocenters. The molecule has 1 amide bonds. The summed E-state index contributed by atoms with van der Waals surface area (Å²) in [6, 6.07) is 4.37. The molecule has 0 radical (unpaired) electrons. The van der Waals surface area contributed by atoms with E-state index in [4.69, 9.17) is 5.73 Å². The van der Waals surface area contributed by atoms with E-state index >= 15 is 0 Å². The van der Waals surface area contributed by atoms with Gasteiger partial charge in [-0.3, -0.25) is 14.9 Å². The van der Waals surface area contributed by atoms with Crippen LogP contribution in [0.5, 0.6) is 0 Å². The van der Waals surface area contributed by atoms with Gasteiger partial charge in [-0.05, 0) is 30.7 Å². The topological polar surface area (TPSA) is 98.3 Å². The summed E-state index contributed by atoms with van der Waals surface area (Å²) >= 11 is 1.28. The summed E-state index contributed by atoms with van der Waals surface area (Å²) in [5.74, 6) is 0.0777. The average Bonchev–Trinajstić information content (AvgIpc) is 2.45. The maximum absolute atomic E-state index is 12.2. The van der Waals surface area contributed by atoms with Crippen molar-refractivity contribution in [1.82, 2.24) is 5.32 Å². The fourth-order valence-corrected chi connectivity index (χ4v) is 2.57. The van der Waals surface area contributed by atoms with Crippen LogP contribution in [0.4, 0.5) is 5.69 Å². The molecule has 0 bridgehead atoms. The molecule has 0 aliphatic carbocycles. The van der Waals surface area contributed by atoms with Crippen LogP contribution in [-0.4, -0.2) is 29.7 Å². The van der Waals surface area contributed by atoms with Crippen LogP contribution in [0.25, 0.3) is 0 Å². The van der Waals surface area contributed by atoms with Crippen molar-refractivity contribution in [2.75, 3.05) is 12.8 Å². The number of rotatable bonds is 7. The van der Waals surface area contributed by atoms with E-state index < -0.39 is 4.92 Å². The zero-order valence-corrected chi connectivity index (χ0v) is 13.3. The van der Waals surface area contributed by atoms with Crippen LogP contribution in [0.15, 0.2) is 23.1 Å². The molecule has 1 unspecified atom stereocenters. The predicted molar refractivity (Wildman–Crippen MR) is 84.6 cm³/mol. The molecular formula is C14H21N3O3S. The average molecular weight is 311 g/mol. The summed E-state index contributed by atoms with van der Waals surface area (Å²) in [6.45, 7) is 4.44. The summed E-state index contributed by atoms with van der Waals surface area (Å²) in [4.78, 5) is 23.3. The Kier molecular flexibility index (Phi) is 6.64. The second kappa shape index (κ2) is 7.99. The molecule has 0 fully saturated rings. The molecule has 21 heavy (non-hydrogen) atoms. The van der Waals surface area contributed by atoms with Gasteiger partial charge in [-0.2, -0.15) is 0 Å². The van der Waals surface area contributed by atoms with Gasteiger partial charge in [-0.1, -0.05) is 13.8 Å². The second-order valence-corrected chi connectivity index (χ2v) is 6.03. The van der Waals surface area contributed by atoms with Crippen molar-refractivity contribution in [2.24, 2.45) is 11.7 Å². The first-order valence-corrected chi connectivity index (χ1v) is 7.94. The van der Waals surface area contributed by atoms with Crippen LogP contribution in [-0.2, 0) is 0 Å². The minimum absolute atomic E-state index is 0.0525. The van der Waals surface area contributed by atoms with Crippen LogP contribution in [0.3, 0.4) is 0 Å². The smallest absolute Gasteiger partial charge is 0.283 e. The summed E-state index contributed by atoms with van der Waals surface area (Å²) < 4.78 is 0. The Labute approximate surface area is 128 Å². The molecule has 1 aromatic rings. The van der Waals surface area contributed by atoms with Crippen molar-refractivity contribution in [3.63, 3.8) is 0 Å². The molecule has 116 valence electrons. The third kappa shape index (κ3) is 5.02. The van der Waals surface area contributed by atoms with Gasteiger partial charge in [-0.25, -0.2) is 0 Å². The Morgan fingerprint density at radius 3 is 2.62 bits per heavy atom. The van der Waals surface area contributed by atoms with Gasteiger partial charge >= 0.3 is 0 Å². The Hall–Kier alpha value is -1.60. The second-order valence-electron chi connectivity index (χ2n) is 5.18. The SMILES string of the molecule is CSc1ccc(C(=O)NC(CN)CC(C)C)cc1[N+](=O)[O-]. The van der Waals surface area contributed by atoms with Crippen LogP contribution in [0.2, 0.25) is 0 Å². The number of hydrogen-bond donors (Lipinski definition) is 2. The van der Waals surface area contributed by atoms with Crippen molar-refractivity contribution >= 4 is 23.4 Å². The molecule has 0 aliphatic rings. The zero-order valence-electron chi connectivity index (χ0n) is 12.5. The Bertz CT molecular complexity index is 520. The highest BCUT2D eigenvalue weighted by molar-refractivity contribution is 7.98. The molecule has 1 aromatic carbocycles. The van der Waals surface area contributed by atoms with Gasteiger partial charge in [-0.15, -0.1) is 11.8 Å². The van der Waals surface area contributed by atoms with Crippen molar-refractivity contribution in [1.29, 1.82) is 0 Å². The lowest BCUT2D eigenvalue weighted by Gasteiger charge is -2.18. The lowest BCUT2D eigenvalue weighted by molar-refractivity contribution is -0.387. The molecule has 6 nitrogen and oxygen atoms in total. The van der Waals surface area contributed by atoms with Gasteiger partial charge in [0.25, 0.3) is 11.6 Å². The van der Waals surface area contributed by atoms with Gasteiger partial charge < -0.3 is 11.1 Å². The first kappa shape index (κ1) is 17.5. The fourth-order valence-electron chi connectivity index (χ4n) is 2.03. The molecule has 3 N–H and O–H groups in total. The summed E-state index contributed by atoms with van der Waals surface area (Å²) in [7, 11) is 0. The highest BCUT2D eigenvalue weighted by Crippen LogP contribution is 2.28. The largest absolute Gasteiger partial charge is 0.348 e. The van der Waals surface area contributed by atoms with Crippen molar-refractivity contribution in [3.05, 3.63) is 33.9 Å². The molecule has 0 aliphatic heterocycles. The van der Waals surface area contributed by atoms with Gasteiger partial charge in [0.2, 0.25) is 0 Å². The first-order valence-electron chi connectivity index (χ1n) is 6.72. The Morgan fingerprint density at radius 2 is 2.14 bits per heavy atom. The number of nitrogens with one attached hydrogen (secondary N) is 1. The maximum Gasteiger partial charge on any atom is 0.283 e. The van der Waals surface area contributed by atoms with Crippen molar-refractivity contribution in [3.8, 4) is 0 Å². The standard InChI is InChI=1S/C14H21N3O3S/c1-9(2)6-11(8-15)16-14(18)10-4-5-13(21-3)12(7-10)17(19)20/h4-5,7,9,11H,6,8,15H2,1-3H3,(H,16,18). The van der Waals surface area contributed by atoms with E-state index in [1.165, 1.54) is 17.8 Å². The number of benzene rings is 1. The van der Waals surface area contributed by atoms with E-state index in [1.807, 2.05) is 13.8 Å². The molecule has 0 heterocycles. The highest BCUT2D eigenvalue weighted by Gasteiger charge is 2.19. The monoisotopic (exact) mass is 311 g/mol. The number of nitrogens with two attached hydrogens (primary N) is 1. The van der Waals surface area contributed by atoms with Crippen LogP contribution < -0.4 is 11.1 Å². The minimum Gasteiger partial charge on any atom is -0.348 e. The fraction of sp³-hybridized carbons (Fsp3) is 0.500. The first-order chi connectivity index (χ1) is 9.88. The molecular weight excluding hydrogens is 290 g/mol. The van der Waals surface area contributed by atoms with Crippen LogP contribution in [0, 0.1) is 16.0 Å². The lowest BCUT2D eigenvalue weighted by Crippen LogP contribution is -2.41.